The number of hydroxylamine groups is 1. The Hall–Kier alpha value is -3.56. The van der Waals surface area contributed by atoms with E-state index < -0.39 is 28.9 Å². The lowest BCUT2D eigenvalue weighted by atomic mass is 9.90. The Balaban J connectivity index is 1.57. The molecule has 2 saturated heterocycles. The number of amides is 2. The summed E-state index contributed by atoms with van der Waals surface area (Å²) < 4.78 is 0.829. The molecule has 2 heterocycles. The van der Waals surface area contributed by atoms with Gasteiger partial charge in [0.1, 0.15) is 5.92 Å². The Morgan fingerprint density at radius 2 is 1.50 bits per heavy atom. The van der Waals surface area contributed by atoms with Gasteiger partial charge in [0.15, 0.2) is 6.10 Å². The quantitative estimate of drug-likeness (QED) is 0.303. The number of benzene rings is 3. The lowest BCUT2D eigenvalue weighted by Gasteiger charge is -2.28. The van der Waals surface area contributed by atoms with Crippen molar-refractivity contribution < 1.29 is 19.3 Å². The zero-order chi connectivity index (χ0) is 22.4. The summed E-state index contributed by atoms with van der Waals surface area (Å²) in [5, 5.41) is 12.6. The lowest BCUT2D eigenvalue weighted by Crippen LogP contribution is -2.37. The molecule has 0 spiro atoms. The highest BCUT2D eigenvalue weighted by Crippen LogP contribution is 2.47. The van der Waals surface area contributed by atoms with Crippen LogP contribution in [0.2, 0.25) is 0 Å². The summed E-state index contributed by atoms with van der Waals surface area (Å²) in [7, 11) is 0. The molecule has 3 aromatic carbocycles. The molecule has 3 unspecified atom stereocenters. The number of fused-ring (bicyclic) bond motifs is 1. The smallest absolute Gasteiger partial charge is 0.269 e. The van der Waals surface area contributed by atoms with Crippen molar-refractivity contribution in [2.24, 2.45) is 5.92 Å². The Labute approximate surface area is 191 Å². The Morgan fingerprint density at radius 1 is 0.844 bits per heavy atom. The molecule has 0 N–H and O–H groups in total. The first-order valence-electron chi connectivity index (χ1n) is 9.84. The van der Waals surface area contributed by atoms with E-state index in [1.807, 2.05) is 30.3 Å². The summed E-state index contributed by atoms with van der Waals surface area (Å²) in [6, 6.07) is 21.4. The van der Waals surface area contributed by atoms with E-state index in [1.165, 1.54) is 12.1 Å². The fourth-order valence-corrected chi connectivity index (χ4v) is 4.45. The van der Waals surface area contributed by atoms with Crippen LogP contribution in [0.25, 0.3) is 0 Å². The van der Waals surface area contributed by atoms with Gasteiger partial charge >= 0.3 is 0 Å². The third kappa shape index (κ3) is 3.26. The number of carbonyl (C=O) groups excluding carboxylic acids is 2. The van der Waals surface area contributed by atoms with Gasteiger partial charge in [-0.2, -0.15) is 0 Å². The third-order valence-corrected chi connectivity index (χ3v) is 6.19. The van der Waals surface area contributed by atoms with Crippen LogP contribution in [0.4, 0.5) is 17.1 Å². The summed E-state index contributed by atoms with van der Waals surface area (Å²) in [5.41, 5.74) is 1.74. The number of nitro groups is 1. The fraction of sp³-hybridized carbons (Fsp3) is 0.130. The van der Waals surface area contributed by atoms with E-state index in [-0.39, 0.29) is 11.6 Å². The second-order valence-electron chi connectivity index (χ2n) is 7.49. The van der Waals surface area contributed by atoms with Crippen LogP contribution in [0.1, 0.15) is 11.6 Å². The van der Waals surface area contributed by atoms with Crippen molar-refractivity contribution in [3.05, 3.63) is 99.0 Å². The van der Waals surface area contributed by atoms with E-state index in [4.69, 9.17) is 4.84 Å². The molecule has 0 saturated carbocycles. The number of rotatable bonds is 4. The highest BCUT2D eigenvalue weighted by Gasteiger charge is 2.60. The van der Waals surface area contributed by atoms with Gasteiger partial charge in [0.05, 0.1) is 22.3 Å². The second-order valence-corrected chi connectivity index (χ2v) is 8.41. The molecule has 2 fully saturated rings. The molecular formula is C23H16BrN3O5. The predicted octanol–water partition coefficient (Wildman–Crippen LogP) is 4.41. The first kappa shape index (κ1) is 20.3. The number of nitrogens with zero attached hydrogens (tertiary/aromatic N) is 3. The van der Waals surface area contributed by atoms with Crippen molar-refractivity contribution in [3.8, 4) is 0 Å². The van der Waals surface area contributed by atoms with E-state index in [0.717, 1.165) is 9.37 Å². The average molecular weight is 494 g/mol. The van der Waals surface area contributed by atoms with Crippen molar-refractivity contribution in [2.45, 2.75) is 12.1 Å². The lowest BCUT2D eigenvalue weighted by molar-refractivity contribution is -0.384. The third-order valence-electron chi connectivity index (χ3n) is 5.66. The molecular weight excluding hydrogens is 478 g/mol. The summed E-state index contributed by atoms with van der Waals surface area (Å²) >= 11 is 3.36. The van der Waals surface area contributed by atoms with Gasteiger partial charge in [-0.3, -0.25) is 24.5 Å². The normalized spacial score (nSPS) is 22.3. The molecule has 2 aliphatic heterocycles. The Morgan fingerprint density at radius 3 is 2.12 bits per heavy atom. The van der Waals surface area contributed by atoms with Crippen molar-refractivity contribution in [1.29, 1.82) is 0 Å². The minimum atomic E-state index is -0.994. The molecule has 0 radical (unpaired) electrons. The highest BCUT2D eigenvalue weighted by atomic mass is 79.9. The SMILES string of the molecule is O=C1C2ON(c3ccccc3)C(c3ccc([N+](=O)[O-])cc3)C2C(=O)N1c1ccc(Br)cc1. The van der Waals surface area contributed by atoms with Crippen LogP contribution < -0.4 is 9.96 Å². The van der Waals surface area contributed by atoms with Crippen molar-refractivity contribution in [3.63, 3.8) is 0 Å². The molecule has 3 aromatic rings. The average Bonchev–Trinajstić information content (AvgIpc) is 3.31. The maximum Gasteiger partial charge on any atom is 0.269 e. The van der Waals surface area contributed by atoms with E-state index in [0.29, 0.717) is 16.9 Å². The number of imide groups is 1. The van der Waals surface area contributed by atoms with Crippen molar-refractivity contribution in [1.82, 2.24) is 0 Å². The van der Waals surface area contributed by atoms with Crippen LogP contribution >= 0.6 is 15.9 Å². The number of nitro benzene ring substituents is 1. The van der Waals surface area contributed by atoms with Crippen LogP contribution in [-0.4, -0.2) is 22.8 Å². The van der Waals surface area contributed by atoms with Crippen LogP contribution in [-0.2, 0) is 14.4 Å². The number of non-ortho nitro benzene ring substituents is 1. The Kier molecular flexibility index (Phi) is 4.99. The maximum atomic E-state index is 13.5. The van der Waals surface area contributed by atoms with Gasteiger partial charge in [0, 0.05) is 16.6 Å². The van der Waals surface area contributed by atoms with Crippen LogP contribution in [0.5, 0.6) is 0 Å². The summed E-state index contributed by atoms with van der Waals surface area (Å²) in [5.74, 6) is -1.61. The summed E-state index contributed by atoms with van der Waals surface area (Å²) in [6.45, 7) is 0. The second kappa shape index (κ2) is 7.85. The van der Waals surface area contributed by atoms with Crippen molar-refractivity contribution >= 4 is 44.8 Å². The van der Waals surface area contributed by atoms with Gasteiger partial charge in [-0.1, -0.05) is 46.3 Å². The van der Waals surface area contributed by atoms with E-state index >= 15 is 0 Å². The molecule has 3 atom stereocenters. The molecule has 2 aliphatic rings. The molecule has 5 rings (SSSR count). The molecule has 9 heteroatoms. The van der Waals surface area contributed by atoms with E-state index in [9.17, 15) is 19.7 Å². The Bertz CT molecular complexity index is 1200. The molecule has 32 heavy (non-hydrogen) atoms. The molecule has 0 aromatic heterocycles. The van der Waals surface area contributed by atoms with E-state index in [2.05, 4.69) is 15.9 Å². The van der Waals surface area contributed by atoms with Crippen LogP contribution in [0.15, 0.2) is 83.3 Å². The van der Waals surface area contributed by atoms with Crippen LogP contribution in [0.3, 0.4) is 0 Å². The molecule has 0 aliphatic carbocycles. The fourth-order valence-electron chi connectivity index (χ4n) is 4.19. The molecule has 160 valence electrons. The zero-order valence-corrected chi connectivity index (χ0v) is 18.1. The first-order chi connectivity index (χ1) is 15.5. The standard InChI is InChI=1S/C23H16BrN3O5/c24-15-8-12-16(13-9-15)25-22(28)19-20(14-6-10-18(11-7-14)27(30)31)26(32-21(19)23(25)29)17-4-2-1-3-5-17/h1-13,19-21H. The minimum absolute atomic E-state index is 0.0548. The number of carbonyl (C=O) groups is 2. The predicted molar refractivity (Wildman–Crippen MR) is 120 cm³/mol. The number of hydrogen-bond donors (Lipinski definition) is 0. The number of hydrogen-bond acceptors (Lipinski definition) is 6. The van der Waals surface area contributed by atoms with Gasteiger partial charge in [0.25, 0.3) is 11.6 Å². The van der Waals surface area contributed by atoms with Gasteiger partial charge in [0.2, 0.25) is 5.91 Å². The van der Waals surface area contributed by atoms with Gasteiger partial charge in [-0.15, -0.1) is 0 Å². The number of para-hydroxylation sites is 1. The molecule has 0 bridgehead atoms. The largest absolute Gasteiger partial charge is 0.273 e. The topological polar surface area (TPSA) is 93.0 Å². The molecule has 8 nitrogen and oxygen atoms in total. The minimum Gasteiger partial charge on any atom is -0.273 e. The van der Waals surface area contributed by atoms with E-state index in [1.54, 1.807) is 41.5 Å². The van der Waals surface area contributed by atoms with Gasteiger partial charge < -0.3 is 0 Å². The number of halogens is 1. The summed E-state index contributed by atoms with van der Waals surface area (Å²) in [6.07, 6.45) is -0.994. The monoisotopic (exact) mass is 493 g/mol. The molecule has 2 amide bonds. The maximum absolute atomic E-state index is 13.5. The van der Waals surface area contributed by atoms with Crippen molar-refractivity contribution in [2.75, 3.05) is 9.96 Å². The van der Waals surface area contributed by atoms with Gasteiger partial charge in [-0.25, -0.2) is 9.96 Å². The zero-order valence-electron chi connectivity index (χ0n) is 16.5. The number of anilines is 2. The van der Waals surface area contributed by atoms with Crippen LogP contribution in [0, 0.1) is 16.0 Å². The first-order valence-corrected chi connectivity index (χ1v) is 10.6. The van der Waals surface area contributed by atoms with Gasteiger partial charge in [-0.05, 0) is 42.0 Å². The highest BCUT2D eigenvalue weighted by molar-refractivity contribution is 9.10. The summed E-state index contributed by atoms with van der Waals surface area (Å²) in [4.78, 5) is 44.5.